The summed E-state index contributed by atoms with van der Waals surface area (Å²) in [5.74, 6) is -0.706. The van der Waals surface area contributed by atoms with Gasteiger partial charge in [-0.1, -0.05) is 31.9 Å². The summed E-state index contributed by atoms with van der Waals surface area (Å²) >= 11 is 0. The highest BCUT2D eigenvalue weighted by Gasteiger charge is 2.40. The summed E-state index contributed by atoms with van der Waals surface area (Å²) in [6, 6.07) is 6.18. The number of carbonyl (C=O) groups excluding carboxylic acids is 3. The van der Waals surface area contributed by atoms with Gasteiger partial charge >= 0.3 is 0 Å². The van der Waals surface area contributed by atoms with Crippen LogP contribution in [0.5, 0.6) is 5.75 Å². The first kappa shape index (κ1) is 20.7. The zero-order valence-electron chi connectivity index (χ0n) is 16.4. The third-order valence-corrected chi connectivity index (χ3v) is 4.70. The lowest BCUT2D eigenvalue weighted by atomic mass is 9.90. The molecule has 0 radical (unpaired) electrons. The quantitative estimate of drug-likeness (QED) is 0.503. The van der Waals surface area contributed by atoms with Gasteiger partial charge in [-0.3, -0.25) is 14.4 Å². The number of hydrogen-bond donors (Lipinski definition) is 3. The van der Waals surface area contributed by atoms with Gasteiger partial charge in [-0.25, -0.2) is 0 Å². The van der Waals surface area contributed by atoms with Crippen molar-refractivity contribution in [1.82, 2.24) is 10.6 Å². The second-order valence-electron chi connectivity index (χ2n) is 7.35. The second-order valence-corrected chi connectivity index (χ2v) is 7.35. The molecule has 0 spiro atoms. The van der Waals surface area contributed by atoms with Crippen LogP contribution in [-0.2, 0) is 14.4 Å². The van der Waals surface area contributed by atoms with Crippen molar-refractivity contribution in [3.05, 3.63) is 24.3 Å². The molecular weight excluding hydrogens is 346 g/mol. The Morgan fingerprint density at radius 2 is 1.89 bits per heavy atom. The molecule has 3 amide bonds. The number of para-hydroxylation sites is 2. The van der Waals surface area contributed by atoms with Crippen LogP contribution in [0.15, 0.2) is 24.3 Å². The molecule has 0 aliphatic carbocycles. The van der Waals surface area contributed by atoms with Gasteiger partial charge in [-0.2, -0.15) is 0 Å². The van der Waals surface area contributed by atoms with Gasteiger partial charge in [0.2, 0.25) is 11.8 Å². The van der Waals surface area contributed by atoms with Crippen LogP contribution in [0, 0.1) is 5.41 Å². The minimum absolute atomic E-state index is 0.359. The molecule has 2 rings (SSSR count). The number of amides is 3. The van der Waals surface area contributed by atoms with Crippen LogP contribution in [0.3, 0.4) is 0 Å². The van der Waals surface area contributed by atoms with Crippen LogP contribution in [0.25, 0.3) is 0 Å². The molecule has 7 nitrogen and oxygen atoms in total. The average Bonchev–Trinajstić information content (AvgIpc) is 2.75. The maximum Gasteiger partial charge on any atom is 0.250 e. The van der Waals surface area contributed by atoms with Crippen LogP contribution in [0.1, 0.15) is 47.0 Å². The number of anilines is 1. The van der Waals surface area contributed by atoms with E-state index in [9.17, 15) is 14.4 Å². The molecule has 148 valence electrons. The van der Waals surface area contributed by atoms with E-state index in [1.807, 2.05) is 6.07 Å². The Morgan fingerprint density at radius 3 is 2.59 bits per heavy atom. The first-order chi connectivity index (χ1) is 12.8. The Morgan fingerprint density at radius 1 is 1.19 bits per heavy atom. The monoisotopic (exact) mass is 375 g/mol. The van der Waals surface area contributed by atoms with Crippen molar-refractivity contribution < 1.29 is 19.1 Å². The highest BCUT2D eigenvalue weighted by molar-refractivity contribution is 6.06. The minimum atomic E-state index is -1.30. The molecule has 2 atom stereocenters. The standard InChI is InChI=1S/C20H29N3O4/c1-5-6-9-12-21-18(25)20(3,4)19(26)23-16-13(2)27-15-11-8-7-10-14(15)22-17(16)24/h7-8,10-11,13,16H,5-6,9,12H2,1-4H3,(H,21,25)(H,22,24)(H,23,26)/t13-,16+/m1/s1. The fourth-order valence-corrected chi connectivity index (χ4v) is 2.77. The Balaban J connectivity index is 2.03. The highest BCUT2D eigenvalue weighted by atomic mass is 16.5. The van der Waals surface area contributed by atoms with Crippen molar-refractivity contribution in [2.45, 2.75) is 59.1 Å². The summed E-state index contributed by atoms with van der Waals surface area (Å²) in [5, 5.41) is 8.23. The van der Waals surface area contributed by atoms with Gasteiger partial charge in [0.15, 0.2) is 0 Å². The van der Waals surface area contributed by atoms with Gasteiger partial charge in [-0.15, -0.1) is 0 Å². The van der Waals surface area contributed by atoms with Crippen molar-refractivity contribution in [1.29, 1.82) is 0 Å². The van der Waals surface area contributed by atoms with Gasteiger partial charge in [0, 0.05) is 6.54 Å². The SMILES string of the molecule is CCCCCNC(=O)C(C)(C)C(=O)N[C@@H]1C(=O)Nc2ccccc2O[C@@H]1C. The third kappa shape index (κ3) is 4.99. The molecule has 1 aromatic rings. The summed E-state index contributed by atoms with van der Waals surface area (Å²) in [7, 11) is 0. The molecule has 1 aromatic carbocycles. The largest absolute Gasteiger partial charge is 0.486 e. The Labute approximate surface area is 160 Å². The van der Waals surface area contributed by atoms with E-state index in [0.29, 0.717) is 18.0 Å². The number of hydrogen-bond acceptors (Lipinski definition) is 4. The summed E-state index contributed by atoms with van der Waals surface area (Å²) in [6.07, 6.45) is 2.36. The predicted octanol–water partition coefficient (Wildman–Crippen LogP) is 2.22. The van der Waals surface area contributed by atoms with E-state index in [-0.39, 0.29) is 11.8 Å². The molecule has 1 heterocycles. The fraction of sp³-hybridized carbons (Fsp3) is 0.550. The molecule has 1 aliphatic heterocycles. The lowest BCUT2D eigenvalue weighted by Crippen LogP contribution is -2.56. The van der Waals surface area contributed by atoms with Crippen LogP contribution >= 0.6 is 0 Å². The van der Waals surface area contributed by atoms with Crippen LogP contribution in [-0.4, -0.2) is 36.4 Å². The van der Waals surface area contributed by atoms with E-state index in [1.165, 1.54) is 0 Å². The number of rotatable bonds is 7. The van der Waals surface area contributed by atoms with E-state index < -0.39 is 23.5 Å². The van der Waals surface area contributed by atoms with Gasteiger partial charge in [0.1, 0.15) is 23.3 Å². The summed E-state index contributed by atoms with van der Waals surface area (Å²) in [4.78, 5) is 37.7. The zero-order chi connectivity index (χ0) is 20.0. The van der Waals surface area contributed by atoms with Crippen LogP contribution in [0.4, 0.5) is 5.69 Å². The molecule has 0 unspecified atom stereocenters. The van der Waals surface area contributed by atoms with E-state index in [1.54, 1.807) is 39.0 Å². The van der Waals surface area contributed by atoms with Gasteiger partial charge in [0.25, 0.3) is 5.91 Å². The Bertz CT molecular complexity index is 702. The summed E-state index contributed by atoms with van der Waals surface area (Å²) in [6.45, 7) is 7.42. The minimum Gasteiger partial charge on any atom is -0.486 e. The van der Waals surface area contributed by atoms with Crippen molar-refractivity contribution in [3.63, 3.8) is 0 Å². The first-order valence-electron chi connectivity index (χ1n) is 9.43. The lowest BCUT2D eigenvalue weighted by Gasteiger charge is -2.27. The molecule has 1 aliphatic rings. The van der Waals surface area contributed by atoms with Crippen molar-refractivity contribution in [2.24, 2.45) is 5.41 Å². The van der Waals surface area contributed by atoms with E-state index in [4.69, 9.17) is 4.74 Å². The maximum atomic E-state index is 12.7. The summed E-state index contributed by atoms with van der Waals surface area (Å²) < 4.78 is 5.81. The lowest BCUT2D eigenvalue weighted by molar-refractivity contribution is -0.143. The first-order valence-corrected chi connectivity index (χ1v) is 9.43. The topological polar surface area (TPSA) is 96.5 Å². The third-order valence-electron chi connectivity index (χ3n) is 4.70. The molecule has 0 saturated heterocycles. The molecule has 0 aromatic heterocycles. The zero-order valence-corrected chi connectivity index (χ0v) is 16.4. The molecule has 0 fully saturated rings. The van der Waals surface area contributed by atoms with Gasteiger partial charge < -0.3 is 20.7 Å². The van der Waals surface area contributed by atoms with E-state index in [2.05, 4.69) is 22.9 Å². The molecular formula is C20H29N3O4. The molecule has 27 heavy (non-hydrogen) atoms. The van der Waals surface area contributed by atoms with Crippen molar-refractivity contribution >= 4 is 23.4 Å². The molecule has 7 heteroatoms. The number of benzene rings is 1. The van der Waals surface area contributed by atoms with Crippen molar-refractivity contribution in [3.8, 4) is 5.75 Å². The summed E-state index contributed by atoms with van der Waals surface area (Å²) in [5.41, 5.74) is -0.746. The van der Waals surface area contributed by atoms with Crippen molar-refractivity contribution in [2.75, 3.05) is 11.9 Å². The number of ether oxygens (including phenoxy) is 1. The number of carbonyl (C=O) groups is 3. The Hall–Kier alpha value is -2.57. The smallest absolute Gasteiger partial charge is 0.250 e. The molecule has 3 N–H and O–H groups in total. The number of nitrogens with one attached hydrogen (secondary N) is 3. The average molecular weight is 375 g/mol. The van der Waals surface area contributed by atoms with E-state index >= 15 is 0 Å². The number of unbranched alkanes of at least 4 members (excludes halogenated alkanes) is 2. The Kier molecular flexibility index (Phi) is 6.82. The van der Waals surface area contributed by atoms with Crippen LogP contribution < -0.4 is 20.7 Å². The predicted molar refractivity (Wildman–Crippen MR) is 103 cm³/mol. The normalized spacial score (nSPS) is 19.2. The van der Waals surface area contributed by atoms with Gasteiger partial charge in [-0.05, 0) is 39.3 Å². The van der Waals surface area contributed by atoms with Crippen LogP contribution in [0.2, 0.25) is 0 Å². The fourth-order valence-electron chi connectivity index (χ4n) is 2.77. The molecule has 0 saturated carbocycles. The van der Waals surface area contributed by atoms with Gasteiger partial charge in [0.05, 0.1) is 5.69 Å². The highest BCUT2D eigenvalue weighted by Crippen LogP contribution is 2.28. The maximum absolute atomic E-state index is 12.7. The second kappa shape index (κ2) is 8.88. The molecule has 0 bridgehead atoms. The number of fused-ring (bicyclic) bond motifs is 1. The van der Waals surface area contributed by atoms with E-state index in [0.717, 1.165) is 19.3 Å².